The second-order valence-corrected chi connectivity index (χ2v) is 5.54. The Kier molecular flexibility index (Phi) is 4.95. The molecule has 0 bridgehead atoms. The van der Waals surface area contributed by atoms with Gasteiger partial charge in [-0.1, -0.05) is 12.1 Å². The summed E-state index contributed by atoms with van der Waals surface area (Å²) >= 11 is 0. The maximum Gasteiger partial charge on any atom is 0.416 e. The number of rotatable bonds is 2. The molecule has 2 rings (SSSR count). The Labute approximate surface area is 126 Å². The van der Waals surface area contributed by atoms with Gasteiger partial charge in [0.1, 0.15) is 0 Å². The third-order valence-corrected chi connectivity index (χ3v) is 3.74. The summed E-state index contributed by atoms with van der Waals surface area (Å²) in [4.78, 5) is 13.6. The van der Waals surface area contributed by atoms with Gasteiger partial charge in [-0.3, -0.25) is 0 Å². The third-order valence-electron chi connectivity index (χ3n) is 3.74. The lowest BCUT2D eigenvalue weighted by Crippen LogP contribution is -2.47. The number of benzene rings is 1. The summed E-state index contributed by atoms with van der Waals surface area (Å²) < 4.78 is 38.1. The van der Waals surface area contributed by atoms with E-state index in [4.69, 9.17) is 0 Å². The molecule has 2 N–H and O–H groups in total. The minimum atomic E-state index is -4.41. The average molecular weight is 316 g/mol. The van der Waals surface area contributed by atoms with Crippen LogP contribution < -0.4 is 5.32 Å². The maximum atomic E-state index is 12.7. The summed E-state index contributed by atoms with van der Waals surface area (Å²) in [5.74, 6) is 0. The predicted octanol–water partition coefficient (Wildman–Crippen LogP) is 2.93. The number of halogens is 3. The smallest absolute Gasteiger partial charge is 0.391 e. The summed E-state index contributed by atoms with van der Waals surface area (Å²) in [6.45, 7) is 2.42. The first-order chi connectivity index (χ1) is 10.3. The molecule has 1 aromatic rings. The molecule has 1 aromatic carbocycles. The number of alkyl halides is 3. The van der Waals surface area contributed by atoms with E-state index < -0.39 is 23.9 Å². The molecule has 1 heterocycles. The Morgan fingerprint density at radius 3 is 2.82 bits per heavy atom. The fourth-order valence-corrected chi connectivity index (χ4v) is 2.48. The summed E-state index contributed by atoms with van der Waals surface area (Å²) in [6, 6.07) is 3.99. The highest BCUT2D eigenvalue weighted by Gasteiger charge is 2.31. The maximum absolute atomic E-state index is 12.7. The molecular formula is C15H19F3N2O2. The van der Waals surface area contributed by atoms with Crippen molar-refractivity contribution in [2.24, 2.45) is 0 Å². The number of nitrogens with zero attached hydrogens (tertiary/aromatic N) is 1. The Morgan fingerprint density at radius 2 is 2.18 bits per heavy atom. The molecule has 1 aliphatic rings. The lowest BCUT2D eigenvalue weighted by atomic mass is 10.0. The number of aliphatic hydroxyl groups excluding tert-OH is 1. The minimum absolute atomic E-state index is 0.251. The first-order valence-electron chi connectivity index (χ1n) is 7.18. The fraction of sp³-hybridized carbons (Fsp3) is 0.533. The number of urea groups is 1. The molecule has 2 atom stereocenters. The van der Waals surface area contributed by atoms with E-state index in [0.717, 1.165) is 12.1 Å². The van der Waals surface area contributed by atoms with Crippen LogP contribution >= 0.6 is 0 Å². The van der Waals surface area contributed by atoms with Crippen molar-refractivity contribution >= 4 is 6.03 Å². The van der Waals surface area contributed by atoms with E-state index in [1.165, 1.54) is 11.0 Å². The number of nitrogens with one attached hydrogen (secondary N) is 1. The summed E-state index contributed by atoms with van der Waals surface area (Å²) in [5, 5.41) is 12.2. The molecule has 0 aromatic heterocycles. The zero-order valence-electron chi connectivity index (χ0n) is 12.2. The Balaban J connectivity index is 2.02. The van der Waals surface area contributed by atoms with Crippen LogP contribution in [0, 0.1) is 0 Å². The third kappa shape index (κ3) is 4.13. The van der Waals surface area contributed by atoms with Crippen LogP contribution in [-0.4, -0.2) is 35.2 Å². The summed E-state index contributed by atoms with van der Waals surface area (Å²) in [5.41, 5.74) is -0.347. The predicted molar refractivity (Wildman–Crippen MR) is 75.2 cm³/mol. The van der Waals surface area contributed by atoms with E-state index in [-0.39, 0.29) is 12.6 Å². The lowest BCUT2D eigenvalue weighted by molar-refractivity contribution is -0.137. The van der Waals surface area contributed by atoms with Crippen molar-refractivity contribution in [2.45, 2.75) is 38.1 Å². The molecule has 2 unspecified atom stereocenters. The van der Waals surface area contributed by atoms with Crippen LogP contribution in [0.3, 0.4) is 0 Å². The molecule has 1 saturated heterocycles. The first-order valence-corrected chi connectivity index (χ1v) is 7.18. The molecule has 2 amide bonds. The van der Waals surface area contributed by atoms with Crippen LogP contribution in [0.2, 0.25) is 0 Å². The van der Waals surface area contributed by atoms with Gasteiger partial charge >= 0.3 is 12.2 Å². The molecule has 122 valence electrons. The zero-order valence-corrected chi connectivity index (χ0v) is 12.2. The van der Waals surface area contributed by atoms with Crippen LogP contribution in [0.4, 0.5) is 18.0 Å². The number of hydrogen-bond donors (Lipinski definition) is 2. The van der Waals surface area contributed by atoms with Crippen LogP contribution in [0.1, 0.15) is 36.9 Å². The van der Waals surface area contributed by atoms with Crippen LogP contribution in [0.15, 0.2) is 24.3 Å². The van der Waals surface area contributed by atoms with Gasteiger partial charge in [0.25, 0.3) is 0 Å². The number of hydrogen-bond acceptors (Lipinski definition) is 2. The number of likely N-dealkylation sites (tertiary alicyclic amines) is 1. The Bertz CT molecular complexity index is 534. The van der Waals surface area contributed by atoms with Gasteiger partial charge in [0.2, 0.25) is 0 Å². The quantitative estimate of drug-likeness (QED) is 0.881. The second-order valence-electron chi connectivity index (χ2n) is 5.54. The fourth-order valence-electron chi connectivity index (χ4n) is 2.48. The van der Waals surface area contributed by atoms with Crippen molar-refractivity contribution in [3.8, 4) is 0 Å². The van der Waals surface area contributed by atoms with Crippen LogP contribution in [0.25, 0.3) is 0 Å². The number of piperidine rings is 1. The number of carbonyl (C=O) groups is 1. The van der Waals surface area contributed by atoms with Gasteiger partial charge in [0, 0.05) is 13.1 Å². The highest BCUT2D eigenvalue weighted by molar-refractivity contribution is 5.74. The van der Waals surface area contributed by atoms with Crippen LogP contribution in [-0.2, 0) is 6.18 Å². The highest BCUT2D eigenvalue weighted by atomic mass is 19.4. The number of β-amino-alcohol motifs (C(OH)–C–C–N with tert-alkyl or cyclic N) is 1. The summed E-state index contributed by atoms with van der Waals surface area (Å²) in [6.07, 6.45) is -3.57. The molecule has 1 aliphatic heterocycles. The van der Waals surface area contributed by atoms with Crippen molar-refractivity contribution in [3.05, 3.63) is 35.4 Å². The molecule has 4 nitrogen and oxygen atoms in total. The van der Waals surface area contributed by atoms with E-state index in [1.54, 1.807) is 13.0 Å². The zero-order chi connectivity index (χ0) is 16.3. The average Bonchev–Trinajstić information content (AvgIpc) is 2.46. The van der Waals surface area contributed by atoms with E-state index in [1.807, 2.05) is 0 Å². The SMILES string of the molecule is CC(NC(=O)N1CCCC(O)C1)c1cccc(C(F)(F)F)c1. The van der Waals surface area contributed by atoms with Gasteiger partial charge in [-0.05, 0) is 37.5 Å². The highest BCUT2D eigenvalue weighted by Crippen LogP contribution is 2.30. The topological polar surface area (TPSA) is 52.6 Å². The summed E-state index contributed by atoms with van der Waals surface area (Å²) in [7, 11) is 0. The van der Waals surface area contributed by atoms with Crippen molar-refractivity contribution in [2.75, 3.05) is 13.1 Å². The lowest BCUT2D eigenvalue weighted by Gasteiger charge is -2.31. The Morgan fingerprint density at radius 1 is 1.45 bits per heavy atom. The molecule has 0 spiro atoms. The van der Waals surface area contributed by atoms with Crippen molar-refractivity contribution in [3.63, 3.8) is 0 Å². The van der Waals surface area contributed by atoms with Gasteiger partial charge in [-0.25, -0.2) is 4.79 Å². The van der Waals surface area contributed by atoms with Gasteiger partial charge in [0.15, 0.2) is 0 Å². The van der Waals surface area contributed by atoms with Crippen molar-refractivity contribution in [1.29, 1.82) is 0 Å². The monoisotopic (exact) mass is 316 g/mol. The molecule has 0 aliphatic carbocycles. The number of carbonyl (C=O) groups excluding carboxylic acids is 1. The van der Waals surface area contributed by atoms with E-state index in [9.17, 15) is 23.1 Å². The molecule has 0 radical (unpaired) electrons. The first kappa shape index (κ1) is 16.6. The number of amides is 2. The molecule has 1 fully saturated rings. The molecule has 7 heteroatoms. The minimum Gasteiger partial charge on any atom is -0.391 e. The van der Waals surface area contributed by atoms with Gasteiger partial charge in [0.05, 0.1) is 17.7 Å². The standard InChI is InChI=1S/C15H19F3N2O2/c1-10(11-4-2-5-12(8-11)15(16,17)18)19-14(22)20-7-3-6-13(21)9-20/h2,4-5,8,10,13,21H,3,6-7,9H2,1H3,(H,19,22). The largest absolute Gasteiger partial charge is 0.416 e. The van der Waals surface area contributed by atoms with Gasteiger partial charge in [-0.15, -0.1) is 0 Å². The second kappa shape index (κ2) is 6.56. The van der Waals surface area contributed by atoms with Crippen molar-refractivity contribution in [1.82, 2.24) is 10.2 Å². The van der Waals surface area contributed by atoms with E-state index in [0.29, 0.717) is 24.9 Å². The normalized spacial score (nSPS) is 20.6. The van der Waals surface area contributed by atoms with E-state index in [2.05, 4.69) is 5.32 Å². The van der Waals surface area contributed by atoms with Gasteiger partial charge in [-0.2, -0.15) is 13.2 Å². The number of aliphatic hydroxyl groups is 1. The van der Waals surface area contributed by atoms with Crippen molar-refractivity contribution < 1.29 is 23.1 Å². The Hall–Kier alpha value is -1.76. The van der Waals surface area contributed by atoms with Gasteiger partial charge < -0.3 is 15.3 Å². The molecule has 0 saturated carbocycles. The van der Waals surface area contributed by atoms with E-state index >= 15 is 0 Å². The van der Waals surface area contributed by atoms with Crippen LogP contribution in [0.5, 0.6) is 0 Å². The molecular weight excluding hydrogens is 297 g/mol. The molecule has 22 heavy (non-hydrogen) atoms.